The van der Waals surface area contributed by atoms with Crippen LogP contribution in [0.25, 0.3) is 0 Å². The molecule has 42 heavy (non-hydrogen) atoms. The number of carbonyl (C=O) groups excluding carboxylic acids is 1. The molecule has 0 bridgehead atoms. The molecule has 4 aromatic carbocycles. The van der Waals surface area contributed by atoms with Crippen LogP contribution in [-0.2, 0) is 20.0 Å². The van der Waals surface area contributed by atoms with E-state index in [-0.39, 0.29) is 43.3 Å². The second-order valence-corrected chi connectivity index (χ2v) is 12.6. The summed E-state index contributed by atoms with van der Waals surface area (Å²) < 4.78 is 80.6. The van der Waals surface area contributed by atoms with Crippen molar-refractivity contribution in [1.29, 1.82) is 0 Å². The van der Waals surface area contributed by atoms with Gasteiger partial charge in [-0.1, -0.05) is 23.2 Å². The second-order valence-electron chi connectivity index (χ2n) is 8.53. The van der Waals surface area contributed by atoms with Gasteiger partial charge >= 0.3 is 0 Å². The highest BCUT2D eigenvalue weighted by Crippen LogP contribution is 2.32. The van der Waals surface area contributed by atoms with Crippen molar-refractivity contribution < 1.29 is 35.5 Å². The van der Waals surface area contributed by atoms with Crippen LogP contribution in [0.2, 0.25) is 10.0 Å². The average molecular weight is 655 g/mol. The molecule has 0 radical (unpaired) electrons. The molecule has 10 nitrogen and oxygen atoms in total. The van der Waals surface area contributed by atoms with E-state index in [1.165, 1.54) is 56.7 Å². The van der Waals surface area contributed by atoms with Gasteiger partial charge in [0, 0.05) is 17.1 Å². The first-order chi connectivity index (χ1) is 19.8. The van der Waals surface area contributed by atoms with Gasteiger partial charge in [-0.15, -0.1) is 0 Å². The highest BCUT2D eigenvalue weighted by atomic mass is 35.5. The van der Waals surface area contributed by atoms with E-state index < -0.39 is 36.7 Å². The highest BCUT2D eigenvalue weighted by Gasteiger charge is 2.25. The molecule has 1 amide bonds. The number of nitrogens with one attached hydrogen (secondary N) is 3. The van der Waals surface area contributed by atoms with Crippen molar-refractivity contribution in [2.24, 2.45) is 0 Å². The Kier molecular flexibility index (Phi) is 9.16. The number of hydrogen-bond acceptors (Lipinski definition) is 7. The maximum absolute atomic E-state index is 13.2. The van der Waals surface area contributed by atoms with Crippen LogP contribution in [-0.4, -0.2) is 37.0 Å². The van der Waals surface area contributed by atoms with Gasteiger partial charge in [-0.25, -0.2) is 21.2 Å². The summed E-state index contributed by atoms with van der Waals surface area (Å²) in [6.45, 7) is 0. The Morgan fingerprint density at radius 1 is 0.690 bits per heavy atom. The molecule has 0 spiro atoms. The van der Waals surface area contributed by atoms with E-state index in [1.807, 2.05) is 0 Å². The second kappa shape index (κ2) is 12.4. The number of methoxy groups -OCH3 is 2. The Labute approximate surface area is 251 Å². The van der Waals surface area contributed by atoms with Gasteiger partial charge in [0.2, 0.25) is 0 Å². The molecular weight excluding hydrogens is 632 g/mol. The Balaban J connectivity index is 1.62. The monoisotopic (exact) mass is 653 g/mol. The normalized spacial score (nSPS) is 11.5. The predicted molar refractivity (Wildman–Crippen MR) is 158 cm³/mol. The molecule has 0 atom stereocenters. The Bertz CT molecular complexity index is 1850. The smallest absolute Gasteiger partial charge is 0.265 e. The highest BCUT2D eigenvalue weighted by molar-refractivity contribution is 7.93. The summed E-state index contributed by atoms with van der Waals surface area (Å²) in [6.07, 6.45) is 0. The molecule has 3 N–H and O–H groups in total. The van der Waals surface area contributed by atoms with Crippen LogP contribution in [0, 0.1) is 5.82 Å². The summed E-state index contributed by atoms with van der Waals surface area (Å²) in [5.41, 5.74) is 0.0831. The molecule has 220 valence electrons. The van der Waals surface area contributed by atoms with Crippen molar-refractivity contribution >= 4 is 66.2 Å². The molecule has 0 fully saturated rings. The topological polar surface area (TPSA) is 140 Å². The molecule has 4 rings (SSSR count). The van der Waals surface area contributed by atoms with Crippen molar-refractivity contribution in [2.45, 2.75) is 9.79 Å². The van der Waals surface area contributed by atoms with Crippen LogP contribution >= 0.6 is 23.2 Å². The number of rotatable bonds is 10. The van der Waals surface area contributed by atoms with Crippen molar-refractivity contribution in [1.82, 2.24) is 0 Å². The quantitative estimate of drug-likeness (QED) is 0.191. The third-order valence-corrected chi connectivity index (χ3v) is 9.27. The summed E-state index contributed by atoms with van der Waals surface area (Å²) >= 11 is 12.4. The molecule has 0 saturated heterocycles. The maximum Gasteiger partial charge on any atom is 0.265 e. The van der Waals surface area contributed by atoms with Crippen LogP contribution in [0.15, 0.2) is 88.7 Å². The molecule has 4 aromatic rings. The number of carbonyl (C=O) groups is 1. The molecule has 0 aliphatic rings. The summed E-state index contributed by atoms with van der Waals surface area (Å²) in [6, 6.07) is 16.7. The zero-order valence-corrected chi connectivity index (χ0v) is 25.0. The number of benzene rings is 4. The van der Waals surface area contributed by atoms with E-state index in [0.29, 0.717) is 5.75 Å². The fourth-order valence-electron chi connectivity index (χ4n) is 3.67. The van der Waals surface area contributed by atoms with Gasteiger partial charge in [0.25, 0.3) is 26.0 Å². The minimum absolute atomic E-state index is 0.00113. The molecule has 0 aliphatic carbocycles. The third-order valence-electron chi connectivity index (χ3n) is 5.71. The Morgan fingerprint density at radius 3 is 1.81 bits per heavy atom. The first kappa shape index (κ1) is 30.9. The van der Waals surface area contributed by atoms with Crippen LogP contribution in [0.1, 0.15) is 10.4 Å². The van der Waals surface area contributed by atoms with Gasteiger partial charge in [0.05, 0.1) is 29.8 Å². The van der Waals surface area contributed by atoms with E-state index in [0.717, 1.165) is 24.3 Å². The summed E-state index contributed by atoms with van der Waals surface area (Å²) in [7, 11) is -5.75. The van der Waals surface area contributed by atoms with Gasteiger partial charge < -0.3 is 14.8 Å². The summed E-state index contributed by atoms with van der Waals surface area (Å²) in [4.78, 5) is 12.4. The zero-order chi connectivity index (χ0) is 30.7. The van der Waals surface area contributed by atoms with E-state index in [4.69, 9.17) is 32.7 Å². The number of ether oxygens (including phenoxy) is 2. The minimum atomic E-state index is -4.33. The lowest BCUT2D eigenvalue weighted by Crippen LogP contribution is -2.18. The lowest BCUT2D eigenvalue weighted by molar-refractivity contribution is 0.102. The van der Waals surface area contributed by atoms with E-state index >= 15 is 0 Å². The average Bonchev–Trinajstić information content (AvgIpc) is 2.94. The molecule has 0 heterocycles. The first-order valence-corrected chi connectivity index (χ1v) is 15.5. The Hall–Kier alpha value is -4.04. The van der Waals surface area contributed by atoms with E-state index in [1.54, 1.807) is 12.1 Å². The lowest BCUT2D eigenvalue weighted by atomic mass is 10.2. The van der Waals surface area contributed by atoms with Gasteiger partial charge in [0.15, 0.2) is 0 Å². The maximum atomic E-state index is 13.2. The largest absolute Gasteiger partial charge is 0.497 e. The molecule has 0 aliphatic heterocycles. The number of amides is 1. The SMILES string of the molecule is COc1ccc(NS(=O)(=O)c2cc(NC(=O)c3cc(S(=O)(=O)Nc4ccc(F)cc4)c(Cl)cc3Cl)ccc2OC)cc1. The van der Waals surface area contributed by atoms with E-state index in [9.17, 15) is 26.0 Å². The molecule has 0 unspecified atom stereocenters. The number of anilines is 3. The molecular formula is C27H22Cl2FN3O7S2. The third kappa shape index (κ3) is 7.05. The standard InChI is InChI=1S/C27H22Cl2FN3O7S2/c1-39-20-10-7-18(8-11-20)33-42(37,38)26-13-19(9-12-24(26)40-2)31-27(34)21-14-25(23(29)15-22(21)28)41(35,36)32-17-5-3-16(30)4-6-17/h3-15,32-33H,1-2H3,(H,31,34). The van der Waals surface area contributed by atoms with Crippen molar-refractivity contribution in [2.75, 3.05) is 29.0 Å². The van der Waals surface area contributed by atoms with Crippen molar-refractivity contribution in [3.8, 4) is 11.5 Å². The zero-order valence-electron chi connectivity index (χ0n) is 21.8. The van der Waals surface area contributed by atoms with Gasteiger partial charge in [0.1, 0.15) is 27.1 Å². The summed E-state index contributed by atoms with van der Waals surface area (Å²) in [5, 5.41) is 2.07. The minimum Gasteiger partial charge on any atom is -0.497 e. The van der Waals surface area contributed by atoms with Crippen molar-refractivity contribution in [3.63, 3.8) is 0 Å². The van der Waals surface area contributed by atoms with E-state index in [2.05, 4.69) is 14.8 Å². The van der Waals surface area contributed by atoms with Crippen LogP contribution in [0.3, 0.4) is 0 Å². The fraction of sp³-hybridized carbons (Fsp3) is 0.0741. The molecule has 0 saturated carbocycles. The van der Waals surface area contributed by atoms with Crippen LogP contribution in [0.4, 0.5) is 21.5 Å². The number of hydrogen-bond donors (Lipinski definition) is 3. The van der Waals surface area contributed by atoms with Crippen molar-refractivity contribution in [3.05, 3.63) is 100 Å². The molecule has 15 heteroatoms. The van der Waals surface area contributed by atoms with Gasteiger partial charge in [-0.3, -0.25) is 14.2 Å². The predicted octanol–water partition coefficient (Wildman–Crippen LogP) is 6.00. The summed E-state index contributed by atoms with van der Waals surface area (Å²) in [5.74, 6) is -0.888. The number of halogens is 3. The lowest BCUT2D eigenvalue weighted by Gasteiger charge is -2.15. The number of sulfonamides is 2. The molecule has 0 aromatic heterocycles. The fourth-order valence-corrected chi connectivity index (χ4v) is 6.84. The van der Waals surface area contributed by atoms with Gasteiger partial charge in [-0.2, -0.15) is 0 Å². The Morgan fingerprint density at radius 2 is 1.24 bits per heavy atom. The van der Waals surface area contributed by atoms with Crippen LogP contribution < -0.4 is 24.2 Å². The van der Waals surface area contributed by atoms with Crippen LogP contribution in [0.5, 0.6) is 11.5 Å². The van der Waals surface area contributed by atoms with Gasteiger partial charge in [-0.05, 0) is 78.9 Å². The first-order valence-electron chi connectivity index (χ1n) is 11.8.